The second-order valence-electron chi connectivity index (χ2n) is 14.5. The standard InChI is InChI=1S/C54H35NO/c1-2-13-40-33-42(26-25-36(40)11-1)37-27-30-44(31-28-37)55(51-23-6-5-20-48(51)47-21-8-14-38-12-3-4-19-46(38)47)45-18-7-17-41(34-45)43-29-32-52-50(35-43)49-22-9-15-39-16-10-24-53(56-52)54(39)49/h1-35H. The summed E-state index contributed by atoms with van der Waals surface area (Å²) < 4.78 is 6.46. The molecule has 2 heteroatoms. The van der Waals surface area contributed by atoms with Gasteiger partial charge in [-0.15, -0.1) is 0 Å². The Balaban J connectivity index is 1.06. The van der Waals surface area contributed by atoms with Crippen molar-refractivity contribution in [1.82, 2.24) is 0 Å². The highest BCUT2D eigenvalue weighted by atomic mass is 16.5. The van der Waals surface area contributed by atoms with E-state index in [2.05, 4.69) is 217 Å². The number of rotatable bonds is 6. The van der Waals surface area contributed by atoms with Gasteiger partial charge in [-0.3, -0.25) is 0 Å². The molecule has 1 heterocycles. The number of fused-ring (bicyclic) bond motifs is 4. The Morgan fingerprint density at radius 1 is 0.304 bits per heavy atom. The second-order valence-corrected chi connectivity index (χ2v) is 14.5. The van der Waals surface area contributed by atoms with Crippen LogP contribution in [0.25, 0.3) is 76.8 Å². The summed E-state index contributed by atoms with van der Waals surface area (Å²) in [6, 6.07) is 76.6. The molecule has 0 N–H and O–H groups in total. The number of ether oxygens (including phenoxy) is 1. The lowest BCUT2D eigenvalue weighted by molar-refractivity contribution is 0.487. The normalized spacial score (nSPS) is 11.7. The number of anilines is 3. The first-order valence-electron chi connectivity index (χ1n) is 19.2. The molecule has 0 amide bonds. The molecule has 0 atom stereocenters. The highest BCUT2D eigenvalue weighted by molar-refractivity contribution is 6.05. The molecule has 0 saturated heterocycles. The van der Waals surface area contributed by atoms with Crippen molar-refractivity contribution in [2.75, 3.05) is 4.90 Å². The Morgan fingerprint density at radius 3 is 1.82 bits per heavy atom. The number of benzene rings is 10. The fraction of sp³-hybridized carbons (Fsp3) is 0. The van der Waals surface area contributed by atoms with Crippen LogP contribution in [0.3, 0.4) is 0 Å². The molecule has 10 aromatic carbocycles. The van der Waals surface area contributed by atoms with Crippen LogP contribution in [0, 0.1) is 0 Å². The minimum absolute atomic E-state index is 0.883. The SMILES string of the molecule is c1cc(-c2ccc3c(c2)-c2cccc4cccc(c24)O3)cc(N(c2ccc(-c3ccc4ccccc4c3)cc2)c2ccccc2-c2cccc3ccccc23)c1. The zero-order valence-corrected chi connectivity index (χ0v) is 30.6. The topological polar surface area (TPSA) is 12.5 Å². The lowest BCUT2D eigenvalue weighted by Crippen LogP contribution is -2.11. The van der Waals surface area contributed by atoms with Gasteiger partial charge < -0.3 is 9.64 Å². The molecule has 0 bridgehead atoms. The van der Waals surface area contributed by atoms with Crippen molar-refractivity contribution in [3.63, 3.8) is 0 Å². The van der Waals surface area contributed by atoms with Gasteiger partial charge in [-0.2, -0.15) is 0 Å². The van der Waals surface area contributed by atoms with E-state index in [1.54, 1.807) is 0 Å². The first-order valence-corrected chi connectivity index (χ1v) is 19.2. The first-order chi connectivity index (χ1) is 27.7. The molecule has 0 radical (unpaired) electrons. The van der Waals surface area contributed by atoms with Gasteiger partial charge in [0.25, 0.3) is 0 Å². The Morgan fingerprint density at radius 2 is 0.929 bits per heavy atom. The van der Waals surface area contributed by atoms with E-state index in [0.29, 0.717) is 0 Å². The first kappa shape index (κ1) is 32.0. The minimum atomic E-state index is 0.883. The third-order valence-electron chi connectivity index (χ3n) is 11.2. The molecule has 2 nitrogen and oxygen atoms in total. The number of para-hydroxylation sites is 1. The Hall–Kier alpha value is -7.42. The van der Waals surface area contributed by atoms with Gasteiger partial charge in [0.2, 0.25) is 0 Å². The highest BCUT2D eigenvalue weighted by Crippen LogP contribution is 2.48. The van der Waals surface area contributed by atoms with Crippen LogP contribution in [-0.4, -0.2) is 0 Å². The van der Waals surface area contributed by atoms with Crippen molar-refractivity contribution in [2.45, 2.75) is 0 Å². The number of hydrogen-bond donors (Lipinski definition) is 0. The Kier molecular flexibility index (Phi) is 7.53. The van der Waals surface area contributed by atoms with Crippen LogP contribution >= 0.6 is 0 Å². The summed E-state index contributed by atoms with van der Waals surface area (Å²) in [4.78, 5) is 2.41. The second kappa shape index (κ2) is 13.2. The van der Waals surface area contributed by atoms with Crippen molar-refractivity contribution >= 4 is 49.4 Å². The van der Waals surface area contributed by atoms with Gasteiger partial charge in [-0.25, -0.2) is 0 Å². The monoisotopic (exact) mass is 713 g/mol. The van der Waals surface area contributed by atoms with Crippen LogP contribution in [0.15, 0.2) is 212 Å². The molecule has 11 rings (SSSR count). The van der Waals surface area contributed by atoms with Crippen LogP contribution in [-0.2, 0) is 0 Å². The molecule has 0 unspecified atom stereocenters. The maximum absolute atomic E-state index is 6.46. The lowest BCUT2D eigenvalue weighted by atomic mass is 9.92. The van der Waals surface area contributed by atoms with Gasteiger partial charge in [0.1, 0.15) is 11.5 Å². The lowest BCUT2D eigenvalue weighted by Gasteiger charge is -2.29. The number of hydrogen-bond acceptors (Lipinski definition) is 2. The third kappa shape index (κ3) is 5.42. The van der Waals surface area contributed by atoms with Gasteiger partial charge in [-0.1, -0.05) is 158 Å². The van der Waals surface area contributed by atoms with Crippen LogP contribution in [0.4, 0.5) is 17.1 Å². The Bertz CT molecular complexity index is 3110. The zero-order chi connectivity index (χ0) is 37.0. The maximum Gasteiger partial charge on any atom is 0.135 e. The summed E-state index contributed by atoms with van der Waals surface area (Å²) in [6.45, 7) is 0. The molecular formula is C54H35NO. The largest absolute Gasteiger partial charge is 0.456 e. The Labute approximate surface area is 326 Å². The van der Waals surface area contributed by atoms with Crippen molar-refractivity contribution in [3.8, 4) is 56.0 Å². The quantitative estimate of drug-likeness (QED) is 0.170. The van der Waals surface area contributed by atoms with Gasteiger partial charge >= 0.3 is 0 Å². The van der Waals surface area contributed by atoms with E-state index in [1.807, 2.05) is 0 Å². The smallest absolute Gasteiger partial charge is 0.135 e. The van der Waals surface area contributed by atoms with Gasteiger partial charge in [0, 0.05) is 27.9 Å². The van der Waals surface area contributed by atoms with Gasteiger partial charge in [0.15, 0.2) is 0 Å². The molecule has 262 valence electrons. The van der Waals surface area contributed by atoms with Crippen molar-refractivity contribution in [1.29, 1.82) is 0 Å². The van der Waals surface area contributed by atoms with Crippen LogP contribution in [0.1, 0.15) is 0 Å². The van der Waals surface area contributed by atoms with E-state index in [0.717, 1.165) is 50.6 Å². The molecule has 10 aromatic rings. The third-order valence-corrected chi connectivity index (χ3v) is 11.2. The van der Waals surface area contributed by atoms with E-state index in [4.69, 9.17) is 4.74 Å². The van der Waals surface area contributed by atoms with E-state index in [1.165, 1.54) is 54.7 Å². The molecule has 1 aliphatic rings. The van der Waals surface area contributed by atoms with Crippen molar-refractivity contribution in [2.24, 2.45) is 0 Å². The van der Waals surface area contributed by atoms with E-state index < -0.39 is 0 Å². The summed E-state index contributed by atoms with van der Waals surface area (Å²) in [5.74, 6) is 1.79. The molecule has 0 aliphatic carbocycles. The minimum Gasteiger partial charge on any atom is -0.456 e. The molecule has 0 fully saturated rings. The number of nitrogens with zero attached hydrogens (tertiary/aromatic N) is 1. The predicted octanol–water partition coefficient (Wildman–Crippen LogP) is 15.4. The summed E-state index contributed by atoms with van der Waals surface area (Å²) >= 11 is 0. The van der Waals surface area contributed by atoms with E-state index in [9.17, 15) is 0 Å². The molecule has 0 aromatic heterocycles. The molecule has 0 spiro atoms. The fourth-order valence-corrected chi connectivity index (χ4v) is 8.52. The van der Waals surface area contributed by atoms with Crippen LogP contribution in [0.2, 0.25) is 0 Å². The maximum atomic E-state index is 6.46. The van der Waals surface area contributed by atoms with E-state index in [-0.39, 0.29) is 0 Å². The molecular weight excluding hydrogens is 679 g/mol. The summed E-state index contributed by atoms with van der Waals surface area (Å²) in [5, 5.41) is 7.30. The van der Waals surface area contributed by atoms with Crippen LogP contribution < -0.4 is 9.64 Å². The predicted molar refractivity (Wildman–Crippen MR) is 235 cm³/mol. The molecule has 1 aliphatic heterocycles. The van der Waals surface area contributed by atoms with Crippen LogP contribution in [0.5, 0.6) is 11.5 Å². The average Bonchev–Trinajstić information content (AvgIpc) is 3.27. The summed E-state index contributed by atoms with van der Waals surface area (Å²) in [5.41, 5.74) is 12.6. The molecule has 0 saturated carbocycles. The fourth-order valence-electron chi connectivity index (χ4n) is 8.52. The van der Waals surface area contributed by atoms with Gasteiger partial charge in [0.05, 0.1) is 5.69 Å². The van der Waals surface area contributed by atoms with Gasteiger partial charge in [-0.05, 0) is 115 Å². The highest BCUT2D eigenvalue weighted by Gasteiger charge is 2.22. The summed E-state index contributed by atoms with van der Waals surface area (Å²) in [7, 11) is 0. The molecule has 56 heavy (non-hydrogen) atoms. The summed E-state index contributed by atoms with van der Waals surface area (Å²) in [6.07, 6.45) is 0. The van der Waals surface area contributed by atoms with Crippen molar-refractivity contribution < 1.29 is 4.74 Å². The average molecular weight is 714 g/mol. The van der Waals surface area contributed by atoms with E-state index >= 15 is 0 Å². The van der Waals surface area contributed by atoms with Crippen molar-refractivity contribution in [3.05, 3.63) is 212 Å². The zero-order valence-electron chi connectivity index (χ0n) is 30.6.